The number of hydrogen-bond donors (Lipinski definition) is 0. The monoisotopic (exact) mass is 323 g/mol. The average molecular weight is 324 g/mol. The number of benzene rings is 3. The maximum atomic E-state index is 12.6. The van der Waals surface area contributed by atoms with E-state index in [9.17, 15) is 4.79 Å². The van der Waals surface area contributed by atoms with Gasteiger partial charge in [-0.2, -0.15) is 0 Å². The van der Waals surface area contributed by atoms with Crippen LogP contribution in [0.2, 0.25) is 5.02 Å². The molecular formula is C19H14ClNO2. The quantitative estimate of drug-likeness (QED) is 0.706. The highest BCUT2D eigenvalue weighted by Crippen LogP contribution is 2.36. The maximum Gasteiger partial charge on any atom is 0.259 e. The molecule has 0 bridgehead atoms. The van der Waals surface area contributed by atoms with Crippen molar-refractivity contribution in [3.05, 3.63) is 71.2 Å². The van der Waals surface area contributed by atoms with Crippen molar-refractivity contribution >= 4 is 34.0 Å². The van der Waals surface area contributed by atoms with Crippen molar-refractivity contribution in [3.63, 3.8) is 0 Å². The zero-order chi connectivity index (χ0) is 15.8. The number of rotatable bonds is 4. The summed E-state index contributed by atoms with van der Waals surface area (Å²) >= 11 is 5.86. The standard InChI is InChI=1S/C19H14ClNO2/c20-14-7-9-15(10-8-14)23-12-11-21-17-6-2-4-13-3-1-5-16(18(13)17)19(21)22/h1-10H,11-12H2. The van der Waals surface area contributed by atoms with Gasteiger partial charge in [0, 0.05) is 16.0 Å². The van der Waals surface area contributed by atoms with Gasteiger partial charge in [0.2, 0.25) is 0 Å². The van der Waals surface area contributed by atoms with Crippen molar-refractivity contribution in [3.8, 4) is 5.75 Å². The first kappa shape index (κ1) is 14.1. The zero-order valence-corrected chi connectivity index (χ0v) is 13.1. The number of ether oxygens (including phenoxy) is 1. The van der Waals surface area contributed by atoms with E-state index in [1.807, 2.05) is 48.5 Å². The molecule has 0 spiro atoms. The van der Waals surface area contributed by atoms with Gasteiger partial charge >= 0.3 is 0 Å². The van der Waals surface area contributed by atoms with Crippen LogP contribution in [-0.4, -0.2) is 19.1 Å². The van der Waals surface area contributed by atoms with E-state index in [0.29, 0.717) is 18.2 Å². The van der Waals surface area contributed by atoms with Gasteiger partial charge in [-0.3, -0.25) is 4.79 Å². The van der Waals surface area contributed by atoms with Crippen molar-refractivity contribution in [2.24, 2.45) is 0 Å². The Hall–Kier alpha value is -2.52. The lowest BCUT2D eigenvalue weighted by molar-refractivity contribution is 0.0989. The van der Waals surface area contributed by atoms with Gasteiger partial charge in [-0.15, -0.1) is 0 Å². The number of carbonyl (C=O) groups excluding carboxylic acids is 1. The first-order valence-corrected chi connectivity index (χ1v) is 7.84. The second-order valence-corrected chi connectivity index (χ2v) is 5.88. The third kappa shape index (κ3) is 2.43. The number of carbonyl (C=O) groups is 1. The van der Waals surface area contributed by atoms with Crippen molar-refractivity contribution in [2.75, 3.05) is 18.1 Å². The molecular weight excluding hydrogens is 310 g/mol. The smallest absolute Gasteiger partial charge is 0.259 e. The van der Waals surface area contributed by atoms with E-state index in [0.717, 1.165) is 27.8 Å². The summed E-state index contributed by atoms with van der Waals surface area (Å²) in [6.45, 7) is 0.938. The van der Waals surface area contributed by atoms with Gasteiger partial charge in [-0.25, -0.2) is 0 Å². The van der Waals surface area contributed by atoms with Crippen molar-refractivity contribution in [2.45, 2.75) is 0 Å². The number of anilines is 1. The van der Waals surface area contributed by atoms with E-state index in [2.05, 4.69) is 0 Å². The summed E-state index contributed by atoms with van der Waals surface area (Å²) in [5.41, 5.74) is 1.73. The van der Waals surface area contributed by atoms with Gasteiger partial charge in [-0.05, 0) is 41.8 Å². The first-order valence-electron chi connectivity index (χ1n) is 7.46. The Morgan fingerprint density at radius 3 is 2.48 bits per heavy atom. The summed E-state index contributed by atoms with van der Waals surface area (Å²) in [6.07, 6.45) is 0. The van der Waals surface area contributed by atoms with E-state index in [-0.39, 0.29) is 5.91 Å². The molecule has 1 aliphatic rings. The molecule has 0 aliphatic carbocycles. The molecule has 4 rings (SSSR count). The van der Waals surface area contributed by atoms with Crippen LogP contribution < -0.4 is 9.64 Å². The fraction of sp³-hybridized carbons (Fsp3) is 0.105. The summed E-state index contributed by atoms with van der Waals surface area (Å²) in [5.74, 6) is 0.785. The minimum Gasteiger partial charge on any atom is -0.492 e. The van der Waals surface area contributed by atoms with Gasteiger partial charge in [0.15, 0.2) is 0 Å². The number of amides is 1. The van der Waals surface area contributed by atoms with E-state index in [1.54, 1.807) is 17.0 Å². The summed E-state index contributed by atoms with van der Waals surface area (Å²) in [5, 5.41) is 2.80. The van der Waals surface area contributed by atoms with Gasteiger partial charge < -0.3 is 9.64 Å². The molecule has 4 heteroatoms. The molecule has 3 aromatic carbocycles. The third-order valence-electron chi connectivity index (χ3n) is 4.05. The van der Waals surface area contributed by atoms with Crippen LogP contribution in [0.3, 0.4) is 0 Å². The fourth-order valence-corrected chi connectivity index (χ4v) is 3.11. The molecule has 3 nitrogen and oxygen atoms in total. The Morgan fingerprint density at radius 2 is 1.70 bits per heavy atom. The van der Waals surface area contributed by atoms with Gasteiger partial charge in [0.1, 0.15) is 12.4 Å². The van der Waals surface area contributed by atoms with Crippen LogP contribution >= 0.6 is 11.6 Å². The molecule has 0 radical (unpaired) electrons. The lowest BCUT2D eigenvalue weighted by Gasteiger charge is -2.18. The summed E-state index contributed by atoms with van der Waals surface area (Å²) in [6, 6.07) is 19.1. The van der Waals surface area contributed by atoms with Crippen LogP contribution in [0.5, 0.6) is 5.75 Å². The number of halogens is 1. The molecule has 0 aromatic heterocycles. The largest absolute Gasteiger partial charge is 0.492 e. The Kier molecular flexibility index (Phi) is 3.43. The molecule has 23 heavy (non-hydrogen) atoms. The normalized spacial score (nSPS) is 12.9. The molecule has 0 N–H and O–H groups in total. The Balaban J connectivity index is 1.54. The minimum absolute atomic E-state index is 0.0384. The Bertz CT molecular complexity index is 884. The highest BCUT2D eigenvalue weighted by atomic mass is 35.5. The van der Waals surface area contributed by atoms with Crippen LogP contribution in [0.15, 0.2) is 60.7 Å². The minimum atomic E-state index is 0.0384. The molecule has 1 amide bonds. The van der Waals surface area contributed by atoms with E-state index in [1.165, 1.54) is 0 Å². The third-order valence-corrected chi connectivity index (χ3v) is 4.30. The molecule has 0 saturated carbocycles. The van der Waals surface area contributed by atoms with Crippen LogP contribution in [-0.2, 0) is 0 Å². The van der Waals surface area contributed by atoms with Crippen molar-refractivity contribution in [1.29, 1.82) is 0 Å². The average Bonchev–Trinajstić information content (AvgIpc) is 2.85. The molecule has 0 saturated heterocycles. The van der Waals surface area contributed by atoms with E-state index >= 15 is 0 Å². The van der Waals surface area contributed by atoms with E-state index in [4.69, 9.17) is 16.3 Å². The molecule has 114 valence electrons. The molecule has 0 atom stereocenters. The summed E-state index contributed by atoms with van der Waals surface area (Å²) in [4.78, 5) is 14.4. The molecule has 1 aliphatic heterocycles. The predicted octanol–water partition coefficient (Wildman–Crippen LogP) is 4.53. The predicted molar refractivity (Wildman–Crippen MR) is 92.6 cm³/mol. The summed E-state index contributed by atoms with van der Waals surface area (Å²) < 4.78 is 5.71. The fourth-order valence-electron chi connectivity index (χ4n) is 2.99. The Labute approximate surface area is 139 Å². The second kappa shape index (κ2) is 5.60. The maximum absolute atomic E-state index is 12.6. The zero-order valence-electron chi connectivity index (χ0n) is 12.3. The van der Waals surface area contributed by atoms with Crippen LogP contribution in [0.4, 0.5) is 5.69 Å². The van der Waals surface area contributed by atoms with Crippen molar-refractivity contribution < 1.29 is 9.53 Å². The highest BCUT2D eigenvalue weighted by Gasteiger charge is 2.29. The van der Waals surface area contributed by atoms with Crippen molar-refractivity contribution in [1.82, 2.24) is 0 Å². The van der Waals surface area contributed by atoms with Gasteiger partial charge in [0.05, 0.1) is 12.2 Å². The molecule has 0 fully saturated rings. The SMILES string of the molecule is O=C1c2cccc3cccc(c23)N1CCOc1ccc(Cl)cc1. The summed E-state index contributed by atoms with van der Waals surface area (Å²) in [7, 11) is 0. The topological polar surface area (TPSA) is 29.5 Å². The van der Waals surface area contributed by atoms with Crippen LogP contribution in [0.25, 0.3) is 10.8 Å². The number of nitrogens with zero attached hydrogens (tertiary/aromatic N) is 1. The lowest BCUT2D eigenvalue weighted by atomic mass is 10.1. The number of hydrogen-bond acceptors (Lipinski definition) is 2. The lowest BCUT2D eigenvalue weighted by Crippen LogP contribution is -2.31. The first-order chi connectivity index (χ1) is 11.2. The van der Waals surface area contributed by atoms with Crippen LogP contribution in [0.1, 0.15) is 10.4 Å². The highest BCUT2D eigenvalue weighted by molar-refractivity contribution is 6.30. The molecule has 0 unspecified atom stereocenters. The second-order valence-electron chi connectivity index (χ2n) is 5.44. The molecule has 1 heterocycles. The van der Waals surface area contributed by atoms with E-state index < -0.39 is 0 Å². The molecule has 3 aromatic rings. The van der Waals surface area contributed by atoms with Crippen LogP contribution in [0, 0.1) is 0 Å². The van der Waals surface area contributed by atoms with Gasteiger partial charge in [0.25, 0.3) is 5.91 Å². The Morgan fingerprint density at radius 1 is 0.957 bits per heavy atom. The van der Waals surface area contributed by atoms with Gasteiger partial charge in [-0.1, -0.05) is 35.9 Å².